The monoisotopic (exact) mass is 742 g/mol. The summed E-state index contributed by atoms with van der Waals surface area (Å²) in [7, 11) is 0. The molecule has 0 aliphatic heterocycles. The molecule has 0 spiro atoms. The Hall–Kier alpha value is 1.48. The minimum atomic E-state index is -4.41. The van der Waals surface area contributed by atoms with E-state index in [4.69, 9.17) is 1.41 Å². The molecule has 37 heavy (non-hydrogen) atoms. The molecule has 0 aromatic heterocycles. The zero-order valence-electron chi connectivity index (χ0n) is 26.1. The molecule has 0 rings (SSSR count). The van der Waals surface area contributed by atoms with Gasteiger partial charge in [0.05, 0.1) is 0 Å². The predicted octanol–water partition coefficient (Wildman–Crippen LogP) is 11.3. The Bertz CT molecular complexity index is 419. The van der Waals surface area contributed by atoms with E-state index < -0.39 is 38.4 Å². The molecule has 224 valence electrons. The third kappa shape index (κ3) is 25.0. The van der Waals surface area contributed by atoms with Crippen molar-refractivity contribution in [2.24, 2.45) is 0 Å². The van der Waals surface area contributed by atoms with E-state index in [1.165, 1.54) is 155 Å². The molecule has 0 aromatic rings. The van der Waals surface area contributed by atoms with Gasteiger partial charge in [0.2, 0.25) is 0 Å². The van der Waals surface area contributed by atoms with Gasteiger partial charge in [0.25, 0.3) is 0 Å². The normalized spacial score (nSPS) is 12.5. The Morgan fingerprint density at radius 3 is 0.892 bits per heavy atom. The Morgan fingerprint density at radius 1 is 0.351 bits per heavy atom. The fraction of sp³-hybridized carbons (Fsp3) is 1.00. The Kier molecular flexibility index (Phi) is 28.7. The standard InChI is InChI=1S/4C8H17.2H2O.O.2Sn/c4*1-3-5-7-8-6-4-2;;;;;/h4*1,3-8H2,2H3;2*1H2;;;/q;;;;;;;;+2/p-2. The molecule has 0 bridgehead atoms. The maximum atomic E-state index is 11.3. The summed E-state index contributed by atoms with van der Waals surface area (Å²) >= 11 is -7.47. The van der Waals surface area contributed by atoms with Crippen molar-refractivity contribution < 1.29 is 8.30 Å². The molecule has 0 aliphatic rings. The number of rotatable bonds is 30. The molecule has 0 fully saturated rings. The molecule has 0 atom stereocenters. The first-order valence-corrected chi connectivity index (χ1v) is 30.1. The van der Waals surface area contributed by atoms with E-state index in [-0.39, 0.29) is 0 Å². The van der Waals surface area contributed by atoms with E-state index in [0.29, 0.717) is 4.44 Å². The van der Waals surface area contributed by atoms with E-state index in [2.05, 4.69) is 27.7 Å². The summed E-state index contributed by atoms with van der Waals surface area (Å²) in [6.45, 7) is 9.11. The molecule has 0 heterocycles. The van der Waals surface area contributed by atoms with Crippen molar-refractivity contribution in [1.29, 1.82) is 0 Å². The number of hydrogen-bond acceptors (Lipinski definition) is 3. The second kappa shape index (κ2) is 27.6. The van der Waals surface area contributed by atoms with E-state index >= 15 is 0 Å². The molecule has 0 radical (unpaired) electrons. The summed E-state index contributed by atoms with van der Waals surface area (Å²) in [4.78, 5) is 0. The Morgan fingerprint density at radius 2 is 0.595 bits per heavy atom. The van der Waals surface area contributed by atoms with Gasteiger partial charge in [-0.3, -0.25) is 0 Å². The van der Waals surface area contributed by atoms with Crippen LogP contribution >= 0.6 is 0 Å². The van der Waals surface area contributed by atoms with Gasteiger partial charge in [0, 0.05) is 0 Å². The first-order chi connectivity index (χ1) is 17.9. The van der Waals surface area contributed by atoms with E-state index in [9.17, 15) is 6.89 Å². The topological polar surface area (TPSA) is 49.7 Å². The summed E-state index contributed by atoms with van der Waals surface area (Å²) in [5.41, 5.74) is 0. The molecule has 3 nitrogen and oxygen atoms in total. The zero-order valence-corrected chi connectivity index (χ0v) is 31.8. The molecule has 0 aromatic carbocycles. The van der Waals surface area contributed by atoms with Crippen LogP contribution in [0.2, 0.25) is 17.7 Å². The SMILES string of the molecule is CCCCCCC[CH2][Sn]([OH])([OH])[O][Sn]([CH2]CCCCCCC)([CH2]CCCCCCC)[CH2]CCCCCCC. The van der Waals surface area contributed by atoms with Gasteiger partial charge in [-0.2, -0.15) is 0 Å². The first-order valence-electron chi connectivity index (χ1n) is 17.1. The number of hydrogen-bond donors (Lipinski definition) is 2. The maximum absolute atomic E-state index is 11.3. The Labute approximate surface area is 244 Å². The van der Waals surface area contributed by atoms with Crippen LogP contribution in [0.5, 0.6) is 0 Å². The molecular weight excluding hydrogens is 670 g/mol. The second-order valence-corrected chi connectivity index (χ2v) is 33.3. The fourth-order valence-electron chi connectivity index (χ4n) is 5.74. The van der Waals surface area contributed by atoms with Gasteiger partial charge < -0.3 is 0 Å². The van der Waals surface area contributed by atoms with Crippen molar-refractivity contribution in [1.82, 2.24) is 0 Å². The van der Waals surface area contributed by atoms with Crippen LogP contribution in [0.1, 0.15) is 182 Å². The van der Waals surface area contributed by atoms with Crippen molar-refractivity contribution in [3.8, 4) is 0 Å². The summed E-state index contributed by atoms with van der Waals surface area (Å²) < 4.78 is 33.7. The fourth-order valence-corrected chi connectivity index (χ4v) is 41.8. The molecule has 0 unspecified atom stereocenters. The number of unbranched alkanes of at least 4 members (excludes halogenated alkanes) is 20. The minimum absolute atomic E-state index is 0.600. The van der Waals surface area contributed by atoms with Crippen molar-refractivity contribution in [3.63, 3.8) is 0 Å². The van der Waals surface area contributed by atoms with Crippen molar-refractivity contribution in [2.75, 3.05) is 0 Å². The van der Waals surface area contributed by atoms with Crippen LogP contribution in [0.3, 0.4) is 0 Å². The molecule has 0 saturated heterocycles. The molecule has 5 heteroatoms. The summed E-state index contributed by atoms with van der Waals surface area (Å²) in [5, 5.41) is 0. The van der Waals surface area contributed by atoms with Crippen molar-refractivity contribution in [3.05, 3.63) is 0 Å². The van der Waals surface area contributed by atoms with E-state index in [1.807, 2.05) is 0 Å². The molecular formula is C32H70O3Sn2. The van der Waals surface area contributed by atoms with Gasteiger partial charge in [0.15, 0.2) is 0 Å². The van der Waals surface area contributed by atoms with E-state index in [0.717, 1.165) is 12.8 Å². The van der Waals surface area contributed by atoms with Gasteiger partial charge in [-0.1, -0.05) is 0 Å². The first kappa shape index (κ1) is 38.5. The van der Waals surface area contributed by atoms with Gasteiger partial charge in [-0.05, 0) is 0 Å². The quantitative estimate of drug-likeness (QED) is 0.0570. The molecule has 0 amide bonds. The molecule has 2 N–H and O–H groups in total. The third-order valence-corrected chi connectivity index (χ3v) is 38.6. The van der Waals surface area contributed by atoms with Crippen LogP contribution in [0, 0.1) is 0 Å². The van der Waals surface area contributed by atoms with Crippen LogP contribution < -0.4 is 0 Å². The van der Waals surface area contributed by atoms with Crippen molar-refractivity contribution >= 4 is 38.4 Å². The summed E-state index contributed by atoms with van der Waals surface area (Å²) in [6.07, 6.45) is 31.0. The Balaban J connectivity index is 5.14. The van der Waals surface area contributed by atoms with Gasteiger partial charge >= 0.3 is 246 Å². The van der Waals surface area contributed by atoms with Gasteiger partial charge in [-0.15, -0.1) is 0 Å². The predicted molar refractivity (Wildman–Crippen MR) is 170 cm³/mol. The zero-order chi connectivity index (χ0) is 27.5. The van der Waals surface area contributed by atoms with Gasteiger partial charge in [-0.25, -0.2) is 0 Å². The van der Waals surface area contributed by atoms with Crippen LogP contribution in [0.15, 0.2) is 0 Å². The van der Waals surface area contributed by atoms with Crippen LogP contribution in [-0.2, 0) is 1.41 Å². The molecule has 0 aliphatic carbocycles. The average molecular weight is 740 g/mol. The average Bonchev–Trinajstić information content (AvgIpc) is 2.87. The van der Waals surface area contributed by atoms with Crippen LogP contribution in [0.4, 0.5) is 0 Å². The van der Waals surface area contributed by atoms with Gasteiger partial charge in [0.1, 0.15) is 0 Å². The second-order valence-electron chi connectivity index (χ2n) is 12.1. The van der Waals surface area contributed by atoms with Crippen molar-refractivity contribution in [2.45, 2.75) is 200 Å². The summed E-state index contributed by atoms with van der Waals surface area (Å²) in [5.74, 6) is 0. The molecule has 0 saturated carbocycles. The van der Waals surface area contributed by atoms with Crippen LogP contribution in [0.25, 0.3) is 0 Å². The third-order valence-electron chi connectivity index (χ3n) is 8.19. The van der Waals surface area contributed by atoms with Crippen LogP contribution in [-0.4, -0.2) is 45.3 Å². The van der Waals surface area contributed by atoms with E-state index in [1.54, 1.807) is 0 Å². The summed E-state index contributed by atoms with van der Waals surface area (Å²) in [6, 6.07) is 0.